The van der Waals surface area contributed by atoms with Crippen LogP contribution < -0.4 is 5.32 Å². The molecule has 0 saturated heterocycles. The summed E-state index contributed by atoms with van der Waals surface area (Å²) < 4.78 is 0. The number of carboxylic acid groups (broad SMARTS) is 1. The summed E-state index contributed by atoms with van der Waals surface area (Å²) in [5.41, 5.74) is 1.30. The Morgan fingerprint density at radius 1 is 1.21 bits per heavy atom. The maximum atomic E-state index is 12.2. The van der Waals surface area contributed by atoms with Gasteiger partial charge in [-0.15, -0.1) is 0 Å². The number of hydrogen-bond acceptors (Lipinski definition) is 2. The van der Waals surface area contributed by atoms with E-state index in [1.807, 2.05) is 6.07 Å². The summed E-state index contributed by atoms with van der Waals surface area (Å²) in [7, 11) is 0. The SMILES string of the molecule is O=C(O)Cc1ccccc1NC(=O)C1C2CCCC21. The second-order valence-electron chi connectivity index (χ2n) is 5.50. The lowest BCUT2D eigenvalue weighted by Crippen LogP contribution is -2.18. The number of carboxylic acids is 1. The fraction of sp³-hybridized carbons (Fsp3) is 0.467. The molecular weight excluding hydrogens is 242 g/mol. The van der Waals surface area contributed by atoms with Crippen LogP contribution in [0.3, 0.4) is 0 Å². The van der Waals surface area contributed by atoms with Crippen LogP contribution in [0.4, 0.5) is 5.69 Å². The molecule has 0 radical (unpaired) electrons. The van der Waals surface area contributed by atoms with Crippen LogP contribution in [-0.4, -0.2) is 17.0 Å². The van der Waals surface area contributed by atoms with Crippen molar-refractivity contribution in [3.63, 3.8) is 0 Å². The lowest BCUT2D eigenvalue weighted by atomic mass is 10.1. The molecule has 2 N–H and O–H groups in total. The summed E-state index contributed by atoms with van der Waals surface area (Å²) in [6.07, 6.45) is 3.52. The molecule has 4 heteroatoms. The smallest absolute Gasteiger partial charge is 0.307 e. The maximum absolute atomic E-state index is 12.2. The molecule has 0 aromatic heterocycles. The minimum absolute atomic E-state index is 0.0615. The zero-order chi connectivity index (χ0) is 13.4. The van der Waals surface area contributed by atoms with E-state index in [-0.39, 0.29) is 18.2 Å². The Morgan fingerprint density at radius 3 is 2.58 bits per heavy atom. The van der Waals surface area contributed by atoms with E-state index >= 15 is 0 Å². The monoisotopic (exact) mass is 259 g/mol. The van der Waals surface area contributed by atoms with E-state index in [0.717, 1.165) is 0 Å². The number of carbonyl (C=O) groups excluding carboxylic acids is 1. The molecule has 0 spiro atoms. The van der Waals surface area contributed by atoms with Crippen molar-refractivity contribution in [3.8, 4) is 0 Å². The number of amides is 1. The summed E-state index contributed by atoms with van der Waals surface area (Å²) in [6.45, 7) is 0. The predicted molar refractivity (Wildman–Crippen MR) is 70.7 cm³/mol. The fourth-order valence-electron chi connectivity index (χ4n) is 3.39. The normalized spacial score (nSPS) is 27.7. The molecule has 0 heterocycles. The minimum Gasteiger partial charge on any atom is -0.481 e. The largest absolute Gasteiger partial charge is 0.481 e. The number of para-hydroxylation sites is 1. The van der Waals surface area contributed by atoms with Gasteiger partial charge in [0, 0.05) is 11.6 Å². The zero-order valence-electron chi connectivity index (χ0n) is 10.6. The summed E-state index contributed by atoms with van der Waals surface area (Å²) >= 11 is 0. The van der Waals surface area contributed by atoms with Gasteiger partial charge in [-0.05, 0) is 36.3 Å². The first-order chi connectivity index (χ1) is 9.16. The Kier molecular flexibility index (Phi) is 3.01. The van der Waals surface area contributed by atoms with Crippen molar-refractivity contribution in [1.29, 1.82) is 0 Å². The van der Waals surface area contributed by atoms with Gasteiger partial charge >= 0.3 is 5.97 Å². The van der Waals surface area contributed by atoms with Crippen LogP contribution in [0.5, 0.6) is 0 Å². The van der Waals surface area contributed by atoms with Gasteiger partial charge in [0.25, 0.3) is 0 Å². The molecule has 0 bridgehead atoms. The van der Waals surface area contributed by atoms with Crippen molar-refractivity contribution >= 4 is 17.6 Å². The average Bonchev–Trinajstić information content (AvgIpc) is 2.85. The van der Waals surface area contributed by atoms with E-state index in [4.69, 9.17) is 5.11 Å². The van der Waals surface area contributed by atoms with Crippen molar-refractivity contribution in [2.75, 3.05) is 5.32 Å². The number of nitrogens with one attached hydrogen (secondary N) is 1. The second kappa shape index (κ2) is 4.68. The molecule has 2 unspecified atom stereocenters. The summed E-state index contributed by atoms with van der Waals surface area (Å²) in [6, 6.07) is 7.13. The fourth-order valence-corrected chi connectivity index (χ4v) is 3.39. The van der Waals surface area contributed by atoms with Gasteiger partial charge in [0.15, 0.2) is 0 Å². The average molecular weight is 259 g/mol. The van der Waals surface area contributed by atoms with Crippen molar-refractivity contribution < 1.29 is 14.7 Å². The van der Waals surface area contributed by atoms with Gasteiger partial charge < -0.3 is 10.4 Å². The van der Waals surface area contributed by atoms with Gasteiger partial charge in [0.2, 0.25) is 5.91 Å². The van der Waals surface area contributed by atoms with Crippen LogP contribution in [0.2, 0.25) is 0 Å². The Bertz CT molecular complexity index is 516. The first kappa shape index (κ1) is 12.2. The highest BCUT2D eigenvalue weighted by Gasteiger charge is 2.56. The number of carbonyl (C=O) groups is 2. The first-order valence-electron chi connectivity index (χ1n) is 6.77. The molecule has 0 aliphatic heterocycles. The Morgan fingerprint density at radius 2 is 1.89 bits per heavy atom. The Hall–Kier alpha value is -1.84. The molecule has 2 aliphatic rings. The Balaban J connectivity index is 1.69. The zero-order valence-corrected chi connectivity index (χ0v) is 10.6. The molecule has 2 atom stereocenters. The predicted octanol–water partition coefficient (Wildman–Crippen LogP) is 2.30. The van der Waals surface area contributed by atoms with Gasteiger partial charge in [-0.3, -0.25) is 9.59 Å². The minimum atomic E-state index is -0.884. The van der Waals surface area contributed by atoms with E-state index in [0.29, 0.717) is 23.1 Å². The number of anilines is 1. The van der Waals surface area contributed by atoms with Crippen LogP contribution >= 0.6 is 0 Å². The number of hydrogen-bond donors (Lipinski definition) is 2. The van der Waals surface area contributed by atoms with E-state index in [1.165, 1.54) is 19.3 Å². The van der Waals surface area contributed by atoms with E-state index < -0.39 is 5.97 Å². The van der Waals surface area contributed by atoms with Crippen molar-refractivity contribution in [1.82, 2.24) is 0 Å². The van der Waals surface area contributed by atoms with Crippen LogP contribution in [0.25, 0.3) is 0 Å². The Labute approximate surface area is 111 Å². The molecule has 2 aliphatic carbocycles. The number of rotatable bonds is 4. The number of fused-ring (bicyclic) bond motifs is 1. The van der Waals surface area contributed by atoms with Crippen LogP contribution in [0, 0.1) is 17.8 Å². The topological polar surface area (TPSA) is 66.4 Å². The molecule has 1 amide bonds. The highest BCUT2D eigenvalue weighted by atomic mass is 16.4. The lowest BCUT2D eigenvalue weighted by Gasteiger charge is -2.10. The first-order valence-corrected chi connectivity index (χ1v) is 6.77. The quantitative estimate of drug-likeness (QED) is 0.871. The van der Waals surface area contributed by atoms with Gasteiger partial charge in [-0.2, -0.15) is 0 Å². The third-order valence-corrected chi connectivity index (χ3v) is 4.33. The molecule has 1 aromatic rings. The molecule has 19 heavy (non-hydrogen) atoms. The van der Waals surface area contributed by atoms with Gasteiger partial charge in [-0.25, -0.2) is 0 Å². The van der Waals surface area contributed by atoms with Crippen LogP contribution in [0.15, 0.2) is 24.3 Å². The lowest BCUT2D eigenvalue weighted by molar-refractivity contribution is -0.136. The van der Waals surface area contributed by atoms with E-state index in [2.05, 4.69) is 5.32 Å². The van der Waals surface area contributed by atoms with Gasteiger partial charge in [-0.1, -0.05) is 24.6 Å². The summed E-state index contributed by atoms with van der Waals surface area (Å²) in [5, 5.41) is 11.8. The molecule has 2 saturated carbocycles. The molecule has 4 nitrogen and oxygen atoms in total. The van der Waals surface area contributed by atoms with Gasteiger partial charge in [0.05, 0.1) is 6.42 Å². The molecular formula is C15H17NO3. The van der Waals surface area contributed by atoms with E-state index in [1.54, 1.807) is 18.2 Å². The number of benzene rings is 1. The molecule has 3 rings (SSSR count). The van der Waals surface area contributed by atoms with E-state index in [9.17, 15) is 9.59 Å². The van der Waals surface area contributed by atoms with Gasteiger partial charge in [0.1, 0.15) is 0 Å². The third-order valence-electron chi connectivity index (χ3n) is 4.33. The summed E-state index contributed by atoms with van der Waals surface area (Å²) in [5.74, 6) is 0.488. The number of aliphatic carboxylic acids is 1. The maximum Gasteiger partial charge on any atom is 0.307 e. The van der Waals surface area contributed by atoms with Crippen LogP contribution in [-0.2, 0) is 16.0 Å². The molecule has 100 valence electrons. The third kappa shape index (κ3) is 2.35. The van der Waals surface area contributed by atoms with Crippen LogP contribution in [0.1, 0.15) is 24.8 Å². The van der Waals surface area contributed by atoms with Crippen molar-refractivity contribution in [2.45, 2.75) is 25.7 Å². The molecule has 2 fully saturated rings. The highest BCUT2D eigenvalue weighted by Crippen LogP contribution is 2.57. The highest BCUT2D eigenvalue weighted by molar-refractivity contribution is 5.96. The van der Waals surface area contributed by atoms with Crippen molar-refractivity contribution in [2.24, 2.45) is 17.8 Å². The summed E-state index contributed by atoms with van der Waals surface area (Å²) in [4.78, 5) is 23.0. The standard InChI is InChI=1S/C15H17NO3/c17-13(18)8-9-4-1-2-7-12(9)16-15(19)14-10-5-3-6-11(10)14/h1-2,4,7,10-11,14H,3,5-6,8H2,(H,16,19)(H,17,18). The second-order valence-corrected chi connectivity index (χ2v) is 5.50. The van der Waals surface area contributed by atoms with Crippen molar-refractivity contribution in [3.05, 3.63) is 29.8 Å². The molecule has 1 aromatic carbocycles.